The summed E-state index contributed by atoms with van der Waals surface area (Å²) in [5.74, 6) is 1.53. The van der Waals surface area contributed by atoms with Crippen LogP contribution in [-0.4, -0.2) is 4.98 Å². The number of para-hydroxylation sites is 1. The van der Waals surface area contributed by atoms with Crippen molar-refractivity contribution in [3.63, 3.8) is 0 Å². The fraction of sp³-hybridized carbons (Fsp3) is 0.167. The molecule has 0 bridgehead atoms. The number of pyridine rings is 1. The van der Waals surface area contributed by atoms with E-state index in [0.29, 0.717) is 0 Å². The van der Waals surface area contributed by atoms with Crippen molar-refractivity contribution in [3.8, 4) is 11.5 Å². The Kier molecular flexibility index (Phi) is 3.84. The van der Waals surface area contributed by atoms with Gasteiger partial charge in [0, 0.05) is 11.4 Å². The number of ether oxygens (including phenoxy) is 1. The van der Waals surface area contributed by atoms with Crippen molar-refractivity contribution in [2.75, 3.05) is 0 Å². The van der Waals surface area contributed by atoms with Crippen LogP contribution in [0.1, 0.15) is 24.9 Å². The van der Waals surface area contributed by atoms with Crippen LogP contribution in [0.25, 0.3) is 10.9 Å². The lowest BCUT2D eigenvalue weighted by Gasteiger charge is -2.11. The van der Waals surface area contributed by atoms with Crippen molar-refractivity contribution < 1.29 is 4.74 Å². The molecule has 1 atom stereocenters. The Labute approximate surface area is 124 Å². The van der Waals surface area contributed by atoms with Crippen molar-refractivity contribution in [1.29, 1.82) is 0 Å². The zero-order chi connectivity index (χ0) is 14.7. The Morgan fingerprint density at radius 1 is 1.05 bits per heavy atom. The molecule has 106 valence electrons. The minimum Gasteiger partial charge on any atom is -0.456 e. The Balaban J connectivity index is 1.81. The van der Waals surface area contributed by atoms with Crippen LogP contribution >= 0.6 is 0 Å². The van der Waals surface area contributed by atoms with E-state index in [0.717, 1.165) is 34.4 Å². The summed E-state index contributed by atoms with van der Waals surface area (Å²) in [6, 6.07) is 18.0. The molecule has 0 aliphatic rings. The van der Waals surface area contributed by atoms with Gasteiger partial charge in [-0.2, -0.15) is 0 Å². The van der Waals surface area contributed by atoms with Gasteiger partial charge >= 0.3 is 0 Å². The van der Waals surface area contributed by atoms with Crippen LogP contribution in [-0.2, 0) is 0 Å². The molecule has 0 spiro atoms. The first kappa shape index (κ1) is 13.6. The Bertz CT molecular complexity index is 738. The minimum absolute atomic E-state index is 0.0846. The zero-order valence-electron chi connectivity index (χ0n) is 12.0. The Morgan fingerprint density at radius 3 is 2.57 bits per heavy atom. The number of fused-ring (bicyclic) bond motifs is 1. The fourth-order valence-corrected chi connectivity index (χ4v) is 2.26. The lowest BCUT2D eigenvalue weighted by molar-refractivity contribution is 0.481. The van der Waals surface area contributed by atoms with Crippen LogP contribution in [0.4, 0.5) is 0 Å². The summed E-state index contributed by atoms with van der Waals surface area (Å²) in [5.41, 5.74) is 8.10. The number of aromatic nitrogens is 1. The average molecular weight is 278 g/mol. The second-order valence-corrected chi connectivity index (χ2v) is 5.05. The van der Waals surface area contributed by atoms with Crippen molar-refractivity contribution in [2.45, 2.75) is 19.4 Å². The lowest BCUT2D eigenvalue weighted by Crippen LogP contribution is -2.07. The molecule has 21 heavy (non-hydrogen) atoms. The minimum atomic E-state index is 0.0846. The largest absolute Gasteiger partial charge is 0.456 e. The standard InChI is InChI=1S/C18H18N2O/c1-2-17(19)13-7-9-15(10-8-13)21-16-11-14-5-3-4-6-18(14)20-12-16/h3-12,17H,2,19H2,1H3/t17-/m0/s1. The monoisotopic (exact) mass is 278 g/mol. The molecule has 1 heterocycles. The van der Waals surface area contributed by atoms with Gasteiger partial charge in [0.15, 0.2) is 0 Å². The summed E-state index contributed by atoms with van der Waals surface area (Å²) in [4.78, 5) is 4.39. The highest BCUT2D eigenvalue weighted by molar-refractivity contribution is 5.79. The molecular weight excluding hydrogens is 260 g/mol. The van der Waals surface area contributed by atoms with E-state index in [1.165, 1.54) is 0 Å². The fourth-order valence-electron chi connectivity index (χ4n) is 2.26. The molecule has 0 amide bonds. The summed E-state index contributed by atoms with van der Waals surface area (Å²) in [6.45, 7) is 2.08. The number of rotatable bonds is 4. The maximum absolute atomic E-state index is 6.01. The van der Waals surface area contributed by atoms with Gasteiger partial charge < -0.3 is 10.5 Å². The van der Waals surface area contributed by atoms with Gasteiger partial charge in [0.2, 0.25) is 0 Å². The highest BCUT2D eigenvalue weighted by Gasteiger charge is 2.04. The van der Waals surface area contributed by atoms with E-state index in [4.69, 9.17) is 10.5 Å². The predicted octanol–water partition coefficient (Wildman–Crippen LogP) is 4.44. The zero-order valence-corrected chi connectivity index (χ0v) is 12.0. The number of hydrogen-bond acceptors (Lipinski definition) is 3. The SMILES string of the molecule is CC[C@H](N)c1ccc(Oc2cnc3ccccc3c2)cc1. The molecule has 0 aliphatic heterocycles. The second-order valence-electron chi connectivity index (χ2n) is 5.05. The van der Waals surface area contributed by atoms with Crippen molar-refractivity contribution >= 4 is 10.9 Å². The summed E-state index contributed by atoms with van der Waals surface area (Å²) in [5, 5.41) is 1.07. The van der Waals surface area contributed by atoms with E-state index in [-0.39, 0.29) is 6.04 Å². The molecule has 2 aromatic carbocycles. The highest BCUT2D eigenvalue weighted by Crippen LogP contribution is 2.25. The predicted molar refractivity (Wildman–Crippen MR) is 85.5 cm³/mol. The van der Waals surface area contributed by atoms with Crippen molar-refractivity contribution in [3.05, 3.63) is 66.4 Å². The first-order valence-corrected chi connectivity index (χ1v) is 7.14. The van der Waals surface area contributed by atoms with Gasteiger partial charge in [-0.05, 0) is 36.2 Å². The molecule has 0 aliphatic carbocycles. The first-order chi connectivity index (χ1) is 10.3. The molecule has 0 unspecified atom stereocenters. The topological polar surface area (TPSA) is 48.1 Å². The van der Waals surface area contributed by atoms with Gasteiger partial charge in [0.05, 0.1) is 11.7 Å². The number of nitrogens with zero attached hydrogens (tertiary/aromatic N) is 1. The third kappa shape index (κ3) is 3.03. The van der Waals surface area contributed by atoms with E-state index in [1.807, 2.05) is 54.6 Å². The molecule has 0 saturated carbocycles. The molecule has 3 rings (SSSR count). The summed E-state index contributed by atoms with van der Waals surface area (Å²) >= 11 is 0. The van der Waals surface area contributed by atoms with Crippen LogP contribution in [0, 0.1) is 0 Å². The van der Waals surface area contributed by atoms with E-state index in [9.17, 15) is 0 Å². The molecule has 3 nitrogen and oxygen atoms in total. The average Bonchev–Trinajstić information content (AvgIpc) is 2.55. The van der Waals surface area contributed by atoms with E-state index < -0.39 is 0 Å². The molecular formula is C18H18N2O. The molecule has 1 aromatic heterocycles. The number of hydrogen-bond donors (Lipinski definition) is 1. The van der Waals surface area contributed by atoms with E-state index in [1.54, 1.807) is 6.20 Å². The number of nitrogens with two attached hydrogens (primary N) is 1. The van der Waals surface area contributed by atoms with Gasteiger partial charge in [-0.3, -0.25) is 4.98 Å². The van der Waals surface area contributed by atoms with Crippen LogP contribution in [0.2, 0.25) is 0 Å². The molecule has 2 N–H and O–H groups in total. The Morgan fingerprint density at radius 2 is 1.81 bits per heavy atom. The van der Waals surface area contributed by atoms with Crippen LogP contribution < -0.4 is 10.5 Å². The van der Waals surface area contributed by atoms with E-state index in [2.05, 4.69) is 11.9 Å². The van der Waals surface area contributed by atoms with Crippen LogP contribution in [0.15, 0.2) is 60.8 Å². The first-order valence-electron chi connectivity index (χ1n) is 7.14. The summed E-state index contributed by atoms with van der Waals surface area (Å²) in [6.07, 6.45) is 2.67. The van der Waals surface area contributed by atoms with Gasteiger partial charge in [0.1, 0.15) is 11.5 Å². The van der Waals surface area contributed by atoms with E-state index >= 15 is 0 Å². The normalized spacial score (nSPS) is 12.3. The van der Waals surface area contributed by atoms with Crippen molar-refractivity contribution in [1.82, 2.24) is 4.98 Å². The highest BCUT2D eigenvalue weighted by atomic mass is 16.5. The third-order valence-electron chi connectivity index (χ3n) is 3.55. The van der Waals surface area contributed by atoms with Crippen molar-refractivity contribution in [2.24, 2.45) is 5.73 Å². The maximum atomic E-state index is 6.01. The quantitative estimate of drug-likeness (QED) is 0.767. The molecule has 3 heteroatoms. The third-order valence-corrected chi connectivity index (χ3v) is 3.55. The molecule has 3 aromatic rings. The van der Waals surface area contributed by atoms with Gasteiger partial charge in [-0.15, -0.1) is 0 Å². The summed E-state index contributed by atoms with van der Waals surface area (Å²) < 4.78 is 5.85. The second kappa shape index (κ2) is 5.94. The molecule has 0 fully saturated rings. The van der Waals surface area contributed by atoms with Gasteiger partial charge in [0.25, 0.3) is 0 Å². The van der Waals surface area contributed by atoms with Crippen LogP contribution in [0.5, 0.6) is 11.5 Å². The molecule has 0 saturated heterocycles. The Hall–Kier alpha value is -2.39. The van der Waals surface area contributed by atoms with Gasteiger partial charge in [-0.25, -0.2) is 0 Å². The summed E-state index contributed by atoms with van der Waals surface area (Å²) in [7, 11) is 0. The van der Waals surface area contributed by atoms with Gasteiger partial charge in [-0.1, -0.05) is 37.3 Å². The number of benzene rings is 2. The van der Waals surface area contributed by atoms with Crippen LogP contribution in [0.3, 0.4) is 0 Å². The lowest BCUT2D eigenvalue weighted by atomic mass is 10.1. The smallest absolute Gasteiger partial charge is 0.146 e. The molecule has 0 radical (unpaired) electrons. The maximum Gasteiger partial charge on any atom is 0.146 e.